The Morgan fingerprint density at radius 3 is 2.41 bits per heavy atom. The number of ether oxygens (including phenoxy) is 3. The number of halogens is 1. The predicted octanol–water partition coefficient (Wildman–Crippen LogP) is 3.63. The van der Waals surface area contributed by atoms with Crippen LogP contribution in [0.25, 0.3) is 0 Å². The van der Waals surface area contributed by atoms with Crippen LogP contribution in [0.5, 0.6) is 11.5 Å². The molecule has 0 unspecified atom stereocenters. The quantitative estimate of drug-likeness (QED) is 0.344. The van der Waals surface area contributed by atoms with Crippen molar-refractivity contribution >= 4 is 31.9 Å². The minimum atomic E-state index is -3.50. The predicted molar refractivity (Wildman–Crippen MR) is 135 cm³/mol. The van der Waals surface area contributed by atoms with Crippen molar-refractivity contribution in [3.05, 3.63) is 58.1 Å². The molecule has 34 heavy (non-hydrogen) atoms. The van der Waals surface area contributed by atoms with Gasteiger partial charge in [0.25, 0.3) is 0 Å². The van der Waals surface area contributed by atoms with Gasteiger partial charge >= 0.3 is 0 Å². The topological polar surface area (TPSA) is 103 Å². The first-order chi connectivity index (χ1) is 16.2. The summed E-state index contributed by atoms with van der Waals surface area (Å²) in [4.78, 5) is 12.6. The van der Waals surface area contributed by atoms with Gasteiger partial charge in [0.2, 0.25) is 15.9 Å². The fraction of sp³-hybridized carbons (Fsp3) is 0.458. The highest BCUT2D eigenvalue weighted by molar-refractivity contribution is 9.10. The highest BCUT2D eigenvalue weighted by Crippen LogP contribution is 2.37. The smallest absolute Gasteiger partial charge is 0.238 e. The number of sulfonamides is 1. The van der Waals surface area contributed by atoms with E-state index in [4.69, 9.17) is 14.2 Å². The molecule has 10 heteroatoms. The molecule has 0 aliphatic heterocycles. The van der Waals surface area contributed by atoms with Gasteiger partial charge in [0.15, 0.2) is 18.3 Å². The number of benzene rings is 2. The summed E-state index contributed by atoms with van der Waals surface area (Å²) in [6.07, 6.45) is 0.512. The van der Waals surface area contributed by atoms with Crippen LogP contribution >= 0.6 is 15.9 Å². The number of amides is 1. The molecule has 8 nitrogen and oxygen atoms in total. The van der Waals surface area contributed by atoms with E-state index >= 15 is 0 Å². The summed E-state index contributed by atoms with van der Waals surface area (Å²) in [5.41, 5.74) is 1.93. The van der Waals surface area contributed by atoms with E-state index in [1.54, 1.807) is 13.8 Å². The maximum Gasteiger partial charge on any atom is 0.238 e. The summed E-state index contributed by atoms with van der Waals surface area (Å²) in [5, 5.41) is 2.82. The lowest BCUT2D eigenvalue weighted by molar-refractivity contribution is -0.123. The zero-order valence-electron chi connectivity index (χ0n) is 20.0. The number of nitrogens with one attached hydrogen (secondary N) is 2. The minimum absolute atomic E-state index is 0.0575. The fourth-order valence-electron chi connectivity index (χ4n) is 3.07. The second-order valence-corrected chi connectivity index (χ2v) is 10.9. The molecule has 2 aromatic carbocycles. The first-order valence-electron chi connectivity index (χ1n) is 11.1. The van der Waals surface area contributed by atoms with Crippen LogP contribution in [-0.4, -0.2) is 46.6 Å². The molecule has 2 N–H and O–H groups in total. The second kappa shape index (κ2) is 13.7. The Morgan fingerprint density at radius 2 is 1.79 bits per heavy atom. The highest BCUT2D eigenvalue weighted by atomic mass is 79.9. The lowest BCUT2D eigenvalue weighted by Gasteiger charge is -2.21. The fourth-order valence-corrected chi connectivity index (χ4v) is 4.61. The van der Waals surface area contributed by atoms with Crippen molar-refractivity contribution in [1.29, 1.82) is 0 Å². The van der Waals surface area contributed by atoms with Crippen LogP contribution in [-0.2, 0) is 32.6 Å². The maximum atomic E-state index is 12.6. The molecule has 0 aromatic heterocycles. The Bertz CT molecular complexity index is 1030. The van der Waals surface area contributed by atoms with Crippen molar-refractivity contribution in [3.63, 3.8) is 0 Å². The Balaban J connectivity index is 2.07. The van der Waals surface area contributed by atoms with Gasteiger partial charge in [-0.2, -0.15) is 0 Å². The molecule has 0 bridgehead atoms. The molecule has 1 amide bonds. The molecule has 0 aliphatic rings. The van der Waals surface area contributed by atoms with Crippen molar-refractivity contribution < 1.29 is 27.4 Å². The van der Waals surface area contributed by atoms with E-state index in [2.05, 4.69) is 26.0 Å². The summed E-state index contributed by atoms with van der Waals surface area (Å²) in [6, 6.07) is 12.7. The van der Waals surface area contributed by atoms with E-state index in [0.29, 0.717) is 35.5 Å². The molecule has 188 valence electrons. The van der Waals surface area contributed by atoms with Gasteiger partial charge in [-0.05, 0) is 58.5 Å². The summed E-state index contributed by atoms with van der Waals surface area (Å²) in [6.45, 7) is 5.90. The van der Waals surface area contributed by atoms with E-state index in [9.17, 15) is 13.2 Å². The van der Waals surface area contributed by atoms with E-state index in [1.165, 1.54) is 14.0 Å². The summed E-state index contributed by atoms with van der Waals surface area (Å²) >= 11 is 3.56. The largest absolute Gasteiger partial charge is 0.484 e. The van der Waals surface area contributed by atoms with Crippen molar-refractivity contribution in [2.24, 2.45) is 5.92 Å². The molecule has 2 aromatic rings. The molecule has 2 rings (SSSR count). The third-order valence-corrected chi connectivity index (χ3v) is 6.94. The van der Waals surface area contributed by atoms with Gasteiger partial charge in [-0.15, -0.1) is 0 Å². The molecule has 0 saturated carbocycles. The molecular weight excluding hydrogens is 524 g/mol. The van der Waals surface area contributed by atoms with Gasteiger partial charge in [-0.3, -0.25) is 4.79 Å². The number of hydrogen-bond donors (Lipinski definition) is 2. The zero-order chi connectivity index (χ0) is 25.1. The number of rotatable bonds is 14. The Kier molecular flexibility index (Phi) is 11.3. The normalized spacial score (nSPS) is 12.4. The van der Waals surface area contributed by atoms with Gasteiger partial charge in [-0.25, -0.2) is 13.1 Å². The summed E-state index contributed by atoms with van der Waals surface area (Å²) in [5.74, 6) is 0.447. The monoisotopic (exact) mass is 556 g/mol. The van der Waals surface area contributed by atoms with Crippen LogP contribution in [0.15, 0.2) is 46.9 Å². The molecule has 0 saturated heterocycles. The summed E-state index contributed by atoms with van der Waals surface area (Å²) in [7, 11) is -1.96. The third-order valence-electron chi connectivity index (χ3n) is 4.98. The van der Waals surface area contributed by atoms with Crippen molar-refractivity contribution in [2.45, 2.75) is 39.8 Å². The minimum Gasteiger partial charge on any atom is -0.484 e. The second-order valence-electron chi connectivity index (χ2n) is 8.01. The van der Waals surface area contributed by atoms with Gasteiger partial charge in [-0.1, -0.05) is 44.2 Å². The standard InChI is InChI=1S/C24H33BrN2O6S/c1-5-34(29,30)27-22(17(2)3)24(28)26-12-11-19-13-20(25)23(21(14-19)33-16-31-4)32-15-18-9-7-6-8-10-18/h6-10,13-14,17,22,27H,5,11-12,15-16H2,1-4H3,(H,26,28)/t22-/m0/s1. The first-order valence-corrected chi connectivity index (χ1v) is 13.5. The molecule has 0 heterocycles. The number of methoxy groups -OCH3 is 1. The summed E-state index contributed by atoms with van der Waals surface area (Å²) < 4.78 is 43.8. The maximum absolute atomic E-state index is 12.6. The molecule has 1 atom stereocenters. The van der Waals surface area contributed by atoms with E-state index in [0.717, 1.165) is 11.1 Å². The van der Waals surface area contributed by atoms with E-state index < -0.39 is 16.1 Å². The van der Waals surface area contributed by atoms with Gasteiger partial charge in [0, 0.05) is 13.7 Å². The SMILES string of the molecule is CCS(=O)(=O)N[C@H](C(=O)NCCc1cc(Br)c(OCc2ccccc2)c(OCOC)c1)C(C)C. The highest BCUT2D eigenvalue weighted by Gasteiger charge is 2.26. The lowest BCUT2D eigenvalue weighted by atomic mass is 10.0. The van der Waals surface area contributed by atoms with Crippen LogP contribution in [0.2, 0.25) is 0 Å². The van der Waals surface area contributed by atoms with Gasteiger partial charge < -0.3 is 19.5 Å². The van der Waals surface area contributed by atoms with Crippen LogP contribution in [0, 0.1) is 5.92 Å². The average molecular weight is 558 g/mol. The average Bonchev–Trinajstić information content (AvgIpc) is 2.81. The van der Waals surface area contributed by atoms with Crippen LogP contribution in [0.3, 0.4) is 0 Å². The molecule has 0 fully saturated rings. The molecular formula is C24H33BrN2O6S. The number of hydrogen-bond acceptors (Lipinski definition) is 6. The van der Waals surface area contributed by atoms with Crippen LogP contribution < -0.4 is 19.5 Å². The zero-order valence-corrected chi connectivity index (χ0v) is 22.4. The van der Waals surface area contributed by atoms with Gasteiger partial charge in [0.1, 0.15) is 12.6 Å². The first kappa shape index (κ1) is 28.1. The number of carbonyl (C=O) groups is 1. The van der Waals surface area contributed by atoms with Crippen molar-refractivity contribution in [2.75, 3.05) is 26.2 Å². The molecule has 0 radical (unpaired) electrons. The lowest BCUT2D eigenvalue weighted by Crippen LogP contribution is -2.50. The van der Waals surface area contributed by atoms with Gasteiger partial charge in [0.05, 0.1) is 10.2 Å². The van der Waals surface area contributed by atoms with Crippen LogP contribution in [0.4, 0.5) is 0 Å². The van der Waals surface area contributed by atoms with E-state index in [-0.39, 0.29) is 24.4 Å². The Morgan fingerprint density at radius 1 is 1.09 bits per heavy atom. The van der Waals surface area contributed by atoms with Crippen LogP contribution in [0.1, 0.15) is 31.9 Å². The van der Waals surface area contributed by atoms with Crippen molar-refractivity contribution in [3.8, 4) is 11.5 Å². The third kappa shape index (κ3) is 8.90. The Hall–Kier alpha value is -2.14. The van der Waals surface area contributed by atoms with Crippen molar-refractivity contribution in [1.82, 2.24) is 10.0 Å². The Labute approximate surface area is 210 Å². The number of carbonyl (C=O) groups excluding carboxylic acids is 1. The van der Waals surface area contributed by atoms with E-state index in [1.807, 2.05) is 42.5 Å². The molecule has 0 spiro atoms. The molecule has 0 aliphatic carbocycles.